The van der Waals surface area contributed by atoms with Crippen LogP contribution in [0.1, 0.15) is 10.4 Å². The molecule has 3 nitrogen and oxygen atoms in total. The molecule has 0 amide bonds. The van der Waals surface area contributed by atoms with E-state index in [4.69, 9.17) is 0 Å². The lowest BCUT2D eigenvalue weighted by atomic mass is 10.1. The molecule has 0 saturated carbocycles. The van der Waals surface area contributed by atoms with Gasteiger partial charge < -0.3 is 0 Å². The lowest BCUT2D eigenvalue weighted by molar-refractivity contribution is 0.102. The molecule has 2 aromatic heterocycles. The van der Waals surface area contributed by atoms with E-state index in [1.165, 1.54) is 11.8 Å². The molecule has 0 aliphatic rings. The summed E-state index contributed by atoms with van der Waals surface area (Å²) in [6.45, 7) is 0. The highest BCUT2D eigenvalue weighted by Gasteiger charge is 2.15. The van der Waals surface area contributed by atoms with Gasteiger partial charge >= 0.3 is 0 Å². The Labute approximate surface area is 190 Å². The fourth-order valence-corrected chi connectivity index (χ4v) is 5.53. The molecule has 0 bridgehead atoms. The molecule has 6 heteroatoms. The van der Waals surface area contributed by atoms with E-state index in [-0.39, 0.29) is 5.78 Å². The molecule has 2 heterocycles. The van der Waals surface area contributed by atoms with Crippen LogP contribution < -0.4 is 0 Å². The third kappa shape index (κ3) is 3.78. The highest BCUT2D eigenvalue weighted by Crippen LogP contribution is 2.38. The molecule has 5 rings (SSSR count). The maximum absolute atomic E-state index is 12.9. The molecule has 5 aromatic rings. The van der Waals surface area contributed by atoms with E-state index in [2.05, 4.69) is 49.5 Å². The van der Waals surface area contributed by atoms with E-state index in [1.54, 1.807) is 17.7 Å². The largest absolute Gasteiger partial charge is 0.293 e. The van der Waals surface area contributed by atoms with Crippen LogP contribution in [0.15, 0.2) is 87.9 Å². The van der Waals surface area contributed by atoms with Crippen molar-refractivity contribution in [1.82, 2.24) is 9.97 Å². The first-order chi connectivity index (χ1) is 14.7. The highest BCUT2D eigenvalue weighted by atomic mass is 79.9. The van der Waals surface area contributed by atoms with Crippen LogP contribution in [0, 0.1) is 0 Å². The molecule has 0 atom stereocenters. The monoisotopic (exact) mass is 490 g/mol. The molecule has 3 aromatic carbocycles. The van der Waals surface area contributed by atoms with E-state index in [0.29, 0.717) is 5.75 Å². The van der Waals surface area contributed by atoms with Crippen molar-refractivity contribution >= 4 is 65.8 Å². The molecule has 0 radical (unpaired) electrons. The third-order valence-corrected chi connectivity index (χ3v) is 7.31. The minimum absolute atomic E-state index is 0.0953. The molecule has 0 aliphatic carbocycles. The van der Waals surface area contributed by atoms with Gasteiger partial charge in [-0.05, 0) is 34.5 Å². The lowest BCUT2D eigenvalue weighted by Crippen LogP contribution is -2.02. The maximum Gasteiger partial charge on any atom is 0.173 e. The SMILES string of the molecule is O=C(CSc1ncnc2scc(-c3ccc(Br)cc3)c12)c1ccc2ccccc2c1. The summed E-state index contributed by atoms with van der Waals surface area (Å²) in [5.41, 5.74) is 2.94. The predicted octanol–water partition coefficient (Wildman–Crippen LogP) is 7.25. The van der Waals surface area contributed by atoms with Gasteiger partial charge in [-0.1, -0.05) is 76.2 Å². The van der Waals surface area contributed by atoms with Gasteiger partial charge in [-0.2, -0.15) is 0 Å². The second kappa shape index (κ2) is 8.30. The minimum Gasteiger partial charge on any atom is -0.293 e. The van der Waals surface area contributed by atoms with Gasteiger partial charge in [-0.3, -0.25) is 4.79 Å². The van der Waals surface area contributed by atoms with Gasteiger partial charge in [-0.25, -0.2) is 9.97 Å². The van der Waals surface area contributed by atoms with Crippen LogP contribution >= 0.6 is 39.0 Å². The summed E-state index contributed by atoms with van der Waals surface area (Å²) in [6, 6.07) is 22.1. The Balaban J connectivity index is 1.44. The Morgan fingerprint density at radius 1 is 0.967 bits per heavy atom. The molecule has 0 saturated heterocycles. The number of fused-ring (bicyclic) bond motifs is 2. The van der Waals surface area contributed by atoms with Crippen LogP contribution in [-0.4, -0.2) is 21.5 Å². The normalized spacial score (nSPS) is 11.2. The number of nitrogens with zero attached hydrogens (tertiary/aromatic N) is 2. The van der Waals surface area contributed by atoms with Gasteiger partial charge in [0.05, 0.1) is 11.1 Å². The molecular formula is C24H15BrN2OS2. The molecule has 0 spiro atoms. The summed E-state index contributed by atoms with van der Waals surface area (Å²) >= 11 is 6.56. The van der Waals surface area contributed by atoms with Crippen LogP contribution in [-0.2, 0) is 0 Å². The van der Waals surface area contributed by atoms with E-state index < -0.39 is 0 Å². The van der Waals surface area contributed by atoms with Gasteiger partial charge in [0, 0.05) is 21.0 Å². The van der Waals surface area contributed by atoms with Gasteiger partial charge in [0.2, 0.25) is 0 Å². The van der Waals surface area contributed by atoms with Crippen molar-refractivity contribution in [2.24, 2.45) is 0 Å². The summed E-state index contributed by atoms with van der Waals surface area (Å²) < 4.78 is 1.04. The van der Waals surface area contributed by atoms with Crippen molar-refractivity contribution in [3.63, 3.8) is 0 Å². The van der Waals surface area contributed by atoms with Crippen molar-refractivity contribution in [3.05, 3.63) is 88.5 Å². The number of carbonyl (C=O) groups is 1. The Hall–Kier alpha value is -2.54. The summed E-state index contributed by atoms with van der Waals surface area (Å²) in [5.74, 6) is 0.429. The van der Waals surface area contributed by atoms with Gasteiger partial charge in [0.1, 0.15) is 16.2 Å². The minimum atomic E-state index is 0.0953. The number of thiophene rings is 1. The van der Waals surface area contributed by atoms with Crippen LogP contribution in [0.2, 0.25) is 0 Å². The summed E-state index contributed by atoms with van der Waals surface area (Å²) in [6.07, 6.45) is 1.58. The lowest BCUT2D eigenvalue weighted by Gasteiger charge is -2.06. The molecular weight excluding hydrogens is 476 g/mol. The summed E-state index contributed by atoms with van der Waals surface area (Å²) in [4.78, 5) is 22.7. The first-order valence-corrected chi connectivity index (χ1v) is 12.0. The van der Waals surface area contributed by atoms with E-state index >= 15 is 0 Å². The highest BCUT2D eigenvalue weighted by molar-refractivity contribution is 9.10. The Morgan fingerprint density at radius 3 is 2.60 bits per heavy atom. The van der Waals surface area contributed by atoms with E-state index in [9.17, 15) is 4.79 Å². The molecule has 146 valence electrons. The number of carbonyl (C=O) groups excluding carboxylic acids is 1. The molecule has 0 aliphatic heterocycles. The number of benzene rings is 3. The van der Waals surface area contributed by atoms with Crippen molar-refractivity contribution in [2.45, 2.75) is 5.03 Å². The van der Waals surface area contributed by atoms with Crippen molar-refractivity contribution in [1.29, 1.82) is 0 Å². The standard InChI is InChI=1S/C24H15BrN2OS2/c25-19-9-7-16(8-10-19)20-12-29-23-22(20)24(27-14-26-23)30-13-21(28)18-6-5-15-3-1-2-4-17(15)11-18/h1-12,14H,13H2. The Morgan fingerprint density at radius 2 is 1.77 bits per heavy atom. The zero-order valence-electron chi connectivity index (χ0n) is 15.7. The predicted molar refractivity (Wildman–Crippen MR) is 130 cm³/mol. The zero-order valence-corrected chi connectivity index (χ0v) is 18.9. The number of Topliss-reactive ketones (excluding diaryl/α,β-unsaturated/α-hetero) is 1. The van der Waals surface area contributed by atoms with Crippen molar-refractivity contribution < 1.29 is 4.79 Å². The fourth-order valence-electron chi connectivity index (χ4n) is 3.38. The van der Waals surface area contributed by atoms with Crippen LogP contribution in [0.4, 0.5) is 0 Å². The molecule has 0 unspecified atom stereocenters. The van der Waals surface area contributed by atoms with Crippen LogP contribution in [0.3, 0.4) is 0 Å². The number of hydrogen-bond donors (Lipinski definition) is 0. The Bertz CT molecular complexity index is 1380. The number of ketones is 1. The first-order valence-electron chi connectivity index (χ1n) is 9.32. The summed E-state index contributed by atoms with van der Waals surface area (Å²) in [7, 11) is 0. The first kappa shape index (κ1) is 19.4. The zero-order chi connectivity index (χ0) is 20.5. The van der Waals surface area contributed by atoms with Crippen molar-refractivity contribution in [2.75, 3.05) is 5.75 Å². The quantitative estimate of drug-likeness (QED) is 0.148. The third-order valence-electron chi connectivity index (χ3n) is 4.90. The molecule has 30 heavy (non-hydrogen) atoms. The van der Waals surface area contributed by atoms with Gasteiger partial charge in [0.15, 0.2) is 5.78 Å². The van der Waals surface area contributed by atoms with E-state index in [1.807, 2.05) is 48.5 Å². The number of aromatic nitrogens is 2. The second-order valence-corrected chi connectivity index (χ2v) is 9.53. The smallest absolute Gasteiger partial charge is 0.173 e. The molecule has 0 fully saturated rings. The summed E-state index contributed by atoms with van der Waals surface area (Å²) in [5, 5.41) is 6.18. The maximum atomic E-state index is 12.9. The molecule has 0 N–H and O–H groups in total. The number of thioether (sulfide) groups is 1. The number of halogens is 1. The number of rotatable bonds is 5. The Kier molecular flexibility index (Phi) is 5.37. The average molecular weight is 491 g/mol. The number of hydrogen-bond acceptors (Lipinski definition) is 5. The van der Waals surface area contributed by atoms with Crippen molar-refractivity contribution in [3.8, 4) is 11.1 Å². The fraction of sp³-hybridized carbons (Fsp3) is 0.0417. The van der Waals surface area contributed by atoms with Gasteiger partial charge in [0.25, 0.3) is 0 Å². The van der Waals surface area contributed by atoms with Crippen LogP contribution in [0.25, 0.3) is 32.1 Å². The second-order valence-electron chi connectivity index (χ2n) is 6.79. The topological polar surface area (TPSA) is 42.9 Å². The van der Waals surface area contributed by atoms with Gasteiger partial charge in [-0.15, -0.1) is 11.3 Å². The van der Waals surface area contributed by atoms with E-state index in [0.717, 1.165) is 47.2 Å². The van der Waals surface area contributed by atoms with Crippen LogP contribution in [0.5, 0.6) is 0 Å². The average Bonchev–Trinajstić information content (AvgIpc) is 3.22.